The minimum absolute atomic E-state index is 0.0452. The smallest absolute Gasteiger partial charge is 0.234 e. The molecule has 1 amide bonds. The maximum Gasteiger partial charge on any atom is 0.234 e. The predicted octanol–water partition coefficient (Wildman–Crippen LogP) is 1.88. The highest BCUT2D eigenvalue weighted by atomic mass is 16.2. The van der Waals surface area contributed by atoms with Crippen LogP contribution in [0.25, 0.3) is 0 Å². The lowest BCUT2D eigenvalue weighted by atomic mass is 9.80. The summed E-state index contributed by atoms with van der Waals surface area (Å²) in [5, 5.41) is 3.07. The van der Waals surface area contributed by atoms with Gasteiger partial charge in [0.15, 0.2) is 0 Å². The fraction of sp³-hybridized carbons (Fsp3) is 0.933. The molecule has 4 nitrogen and oxygen atoms in total. The molecule has 0 bridgehead atoms. The summed E-state index contributed by atoms with van der Waals surface area (Å²) in [4.78, 5) is 14.2. The molecule has 0 spiro atoms. The van der Waals surface area contributed by atoms with Crippen LogP contribution < -0.4 is 11.1 Å². The van der Waals surface area contributed by atoms with E-state index in [1.54, 1.807) is 0 Å². The molecule has 1 unspecified atom stereocenters. The molecule has 4 heteroatoms. The van der Waals surface area contributed by atoms with Crippen molar-refractivity contribution in [2.24, 2.45) is 5.73 Å². The number of nitrogens with zero attached hydrogens (tertiary/aromatic N) is 1. The summed E-state index contributed by atoms with van der Waals surface area (Å²) in [7, 11) is 2.04. The van der Waals surface area contributed by atoms with Crippen LogP contribution >= 0.6 is 0 Å². The van der Waals surface area contributed by atoms with Gasteiger partial charge in [0.2, 0.25) is 5.91 Å². The highest BCUT2D eigenvalue weighted by molar-refractivity contribution is 5.78. The van der Waals surface area contributed by atoms with Crippen LogP contribution in [0.3, 0.4) is 0 Å². The Hall–Kier alpha value is -0.610. The lowest BCUT2D eigenvalue weighted by Crippen LogP contribution is -2.56. The molecule has 1 fully saturated rings. The van der Waals surface area contributed by atoms with Crippen LogP contribution in [-0.2, 0) is 4.79 Å². The van der Waals surface area contributed by atoms with Gasteiger partial charge in [0.05, 0.1) is 6.54 Å². The maximum atomic E-state index is 12.0. The molecule has 0 heterocycles. The van der Waals surface area contributed by atoms with E-state index in [2.05, 4.69) is 24.1 Å². The molecule has 0 aromatic carbocycles. The van der Waals surface area contributed by atoms with Crippen molar-refractivity contribution >= 4 is 5.91 Å². The zero-order valence-electron chi connectivity index (χ0n) is 12.9. The van der Waals surface area contributed by atoms with Crippen LogP contribution in [0.2, 0.25) is 0 Å². The number of amides is 1. The average molecular weight is 269 g/mol. The molecule has 112 valence electrons. The van der Waals surface area contributed by atoms with Crippen molar-refractivity contribution < 1.29 is 4.79 Å². The SMILES string of the molecule is CCCC(C)NC(=O)CN(C)C1(CN)CCCCC1. The zero-order valence-corrected chi connectivity index (χ0v) is 12.9. The van der Waals surface area contributed by atoms with Crippen molar-refractivity contribution in [3.8, 4) is 0 Å². The molecule has 0 aliphatic heterocycles. The Morgan fingerprint density at radius 1 is 1.37 bits per heavy atom. The average Bonchev–Trinajstić information content (AvgIpc) is 2.39. The van der Waals surface area contributed by atoms with E-state index < -0.39 is 0 Å². The molecule has 1 rings (SSSR count). The molecular weight excluding hydrogens is 238 g/mol. The number of carbonyl (C=O) groups is 1. The van der Waals surface area contributed by atoms with Crippen LogP contribution in [0.15, 0.2) is 0 Å². The van der Waals surface area contributed by atoms with Crippen molar-refractivity contribution in [3.63, 3.8) is 0 Å². The molecular formula is C15H31N3O. The Morgan fingerprint density at radius 2 is 2.00 bits per heavy atom. The van der Waals surface area contributed by atoms with Gasteiger partial charge in [0.25, 0.3) is 0 Å². The zero-order chi connectivity index (χ0) is 14.3. The van der Waals surface area contributed by atoms with E-state index in [1.165, 1.54) is 19.3 Å². The topological polar surface area (TPSA) is 58.4 Å². The summed E-state index contributed by atoms with van der Waals surface area (Å²) in [6.07, 6.45) is 8.15. The van der Waals surface area contributed by atoms with Gasteiger partial charge >= 0.3 is 0 Å². The van der Waals surface area contributed by atoms with Gasteiger partial charge < -0.3 is 11.1 Å². The van der Waals surface area contributed by atoms with Gasteiger partial charge in [-0.25, -0.2) is 0 Å². The molecule has 1 aliphatic carbocycles. The maximum absolute atomic E-state index is 12.0. The second-order valence-electron chi connectivity index (χ2n) is 6.10. The molecule has 3 N–H and O–H groups in total. The van der Waals surface area contributed by atoms with Crippen molar-refractivity contribution in [3.05, 3.63) is 0 Å². The molecule has 19 heavy (non-hydrogen) atoms. The van der Waals surface area contributed by atoms with Crippen molar-refractivity contribution in [2.45, 2.75) is 70.4 Å². The lowest BCUT2D eigenvalue weighted by Gasteiger charge is -2.43. The van der Waals surface area contributed by atoms with Crippen LogP contribution in [0.5, 0.6) is 0 Å². The normalized spacial score (nSPS) is 20.3. The third-order valence-corrected chi connectivity index (χ3v) is 4.48. The van der Waals surface area contributed by atoms with E-state index in [4.69, 9.17) is 5.73 Å². The Kier molecular flexibility index (Phi) is 6.80. The first-order chi connectivity index (χ1) is 9.04. The summed E-state index contributed by atoms with van der Waals surface area (Å²) < 4.78 is 0. The Morgan fingerprint density at radius 3 is 2.53 bits per heavy atom. The first-order valence-corrected chi connectivity index (χ1v) is 7.75. The van der Waals surface area contributed by atoms with E-state index in [0.29, 0.717) is 13.1 Å². The van der Waals surface area contributed by atoms with E-state index in [9.17, 15) is 4.79 Å². The second-order valence-corrected chi connectivity index (χ2v) is 6.10. The summed E-state index contributed by atoms with van der Waals surface area (Å²) in [6.45, 7) is 5.33. The standard InChI is InChI=1S/C15H31N3O/c1-4-8-13(2)17-14(19)11-18(3)15(12-16)9-6-5-7-10-15/h13H,4-12,16H2,1-3H3,(H,17,19). The fourth-order valence-electron chi connectivity index (χ4n) is 3.16. The summed E-state index contributed by atoms with van der Waals surface area (Å²) in [5.41, 5.74) is 6.04. The molecule has 1 atom stereocenters. The molecule has 1 aliphatic rings. The van der Waals surface area contributed by atoms with E-state index in [1.807, 2.05) is 7.05 Å². The molecule has 0 aromatic rings. The Labute approximate surface area is 118 Å². The Bertz CT molecular complexity index is 275. The first-order valence-electron chi connectivity index (χ1n) is 7.75. The van der Waals surface area contributed by atoms with Gasteiger partial charge in [-0.2, -0.15) is 0 Å². The van der Waals surface area contributed by atoms with E-state index in [0.717, 1.165) is 25.7 Å². The monoisotopic (exact) mass is 269 g/mol. The van der Waals surface area contributed by atoms with Gasteiger partial charge in [0, 0.05) is 18.1 Å². The fourth-order valence-corrected chi connectivity index (χ4v) is 3.16. The third kappa shape index (κ3) is 4.77. The van der Waals surface area contributed by atoms with Crippen molar-refractivity contribution in [2.75, 3.05) is 20.1 Å². The number of nitrogens with one attached hydrogen (secondary N) is 1. The van der Waals surface area contributed by atoms with Crippen molar-refractivity contribution in [1.82, 2.24) is 10.2 Å². The highest BCUT2D eigenvalue weighted by Crippen LogP contribution is 2.31. The van der Waals surface area contributed by atoms with Gasteiger partial charge in [-0.1, -0.05) is 32.6 Å². The molecule has 0 saturated heterocycles. The number of hydrogen-bond acceptors (Lipinski definition) is 3. The van der Waals surface area contributed by atoms with Crippen LogP contribution in [0.4, 0.5) is 0 Å². The number of carbonyl (C=O) groups excluding carboxylic acids is 1. The number of hydrogen-bond donors (Lipinski definition) is 2. The van der Waals surface area contributed by atoms with Gasteiger partial charge in [0.1, 0.15) is 0 Å². The minimum atomic E-state index is 0.0452. The number of likely N-dealkylation sites (N-methyl/N-ethyl adjacent to an activating group) is 1. The van der Waals surface area contributed by atoms with Crippen LogP contribution in [-0.4, -0.2) is 42.5 Å². The van der Waals surface area contributed by atoms with Crippen LogP contribution in [0, 0.1) is 0 Å². The molecule has 0 radical (unpaired) electrons. The summed E-state index contributed by atoms with van der Waals surface area (Å²) in [6, 6.07) is 0.270. The van der Waals surface area contributed by atoms with Gasteiger partial charge in [-0.3, -0.25) is 9.69 Å². The van der Waals surface area contributed by atoms with E-state index in [-0.39, 0.29) is 17.5 Å². The second kappa shape index (κ2) is 7.85. The highest BCUT2D eigenvalue weighted by Gasteiger charge is 2.35. The van der Waals surface area contributed by atoms with Crippen LogP contribution in [0.1, 0.15) is 58.8 Å². The molecule has 1 saturated carbocycles. The van der Waals surface area contributed by atoms with E-state index >= 15 is 0 Å². The molecule has 0 aromatic heterocycles. The Balaban J connectivity index is 2.47. The minimum Gasteiger partial charge on any atom is -0.353 e. The number of rotatable bonds is 7. The first kappa shape index (κ1) is 16.4. The predicted molar refractivity (Wildman–Crippen MR) is 80.0 cm³/mol. The number of nitrogens with two attached hydrogens (primary N) is 1. The largest absolute Gasteiger partial charge is 0.353 e. The quantitative estimate of drug-likeness (QED) is 0.742. The summed E-state index contributed by atoms with van der Waals surface area (Å²) >= 11 is 0. The van der Waals surface area contributed by atoms with Gasteiger partial charge in [-0.05, 0) is 33.2 Å². The van der Waals surface area contributed by atoms with Crippen molar-refractivity contribution in [1.29, 1.82) is 0 Å². The lowest BCUT2D eigenvalue weighted by molar-refractivity contribution is -0.124. The summed E-state index contributed by atoms with van der Waals surface area (Å²) in [5.74, 6) is 0.127. The third-order valence-electron chi connectivity index (χ3n) is 4.48. The van der Waals surface area contributed by atoms with Gasteiger partial charge in [-0.15, -0.1) is 0 Å².